The third kappa shape index (κ3) is 2.80. The average Bonchev–Trinajstić information content (AvgIpc) is 2.49. The van der Waals surface area contributed by atoms with Gasteiger partial charge < -0.3 is 15.6 Å². The summed E-state index contributed by atoms with van der Waals surface area (Å²) < 4.78 is 67.2. The Hall–Kier alpha value is -1.68. The summed E-state index contributed by atoms with van der Waals surface area (Å²) in [5, 5.41) is 8.99. The topological polar surface area (TPSA) is 80.4 Å². The molecule has 2 atom stereocenters. The van der Waals surface area contributed by atoms with Crippen LogP contribution in [0.2, 0.25) is 0 Å². The van der Waals surface area contributed by atoms with Gasteiger partial charge in [0, 0.05) is 17.2 Å². The highest BCUT2D eigenvalue weighted by molar-refractivity contribution is 7.98. The number of thioether (sulfide) groups is 1. The Morgan fingerprint density at radius 2 is 1.59 bits per heavy atom. The molecule has 0 spiro atoms. The van der Waals surface area contributed by atoms with Gasteiger partial charge in [-0.3, -0.25) is 0 Å². The van der Waals surface area contributed by atoms with Gasteiger partial charge in [0.15, 0.2) is 35.1 Å². The first-order chi connectivity index (χ1) is 10.1. The summed E-state index contributed by atoms with van der Waals surface area (Å²) in [4.78, 5) is 22.1. The Kier molecular flexibility index (Phi) is 5.52. The van der Waals surface area contributed by atoms with E-state index in [4.69, 9.17) is 10.8 Å². The minimum Gasteiger partial charge on any atom is -0.480 e. The molecule has 0 saturated heterocycles. The lowest BCUT2D eigenvalue weighted by Crippen LogP contribution is -2.55. The van der Waals surface area contributed by atoms with Gasteiger partial charge in [-0.2, -0.15) is 11.8 Å². The van der Waals surface area contributed by atoms with E-state index in [1.807, 2.05) is 0 Å². The van der Waals surface area contributed by atoms with Crippen molar-refractivity contribution in [1.82, 2.24) is 0 Å². The highest BCUT2D eigenvalue weighted by Crippen LogP contribution is 2.35. The predicted octanol–water partition coefficient (Wildman–Crippen LogP) is 1.81. The Bertz CT molecular complexity index is 598. The van der Waals surface area contributed by atoms with E-state index in [1.54, 1.807) is 0 Å². The number of halogens is 5. The Labute approximate surface area is 125 Å². The van der Waals surface area contributed by atoms with E-state index in [9.17, 15) is 31.5 Å². The molecule has 10 heteroatoms. The normalized spacial score (nSPS) is 15.2. The minimum absolute atomic E-state index is 0.297. The van der Waals surface area contributed by atoms with Crippen LogP contribution in [0.4, 0.5) is 22.0 Å². The third-order valence-corrected chi connectivity index (χ3v) is 3.73. The highest BCUT2D eigenvalue weighted by atomic mass is 32.2. The first kappa shape index (κ1) is 18.4. The molecule has 1 aromatic rings. The molecular weight excluding hydrogens is 333 g/mol. The summed E-state index contributed by atoms with van der Waals surface area (Å²) >= 11 is 0.823. The van der Waals surface area contributed by atoms with Crippen LogP contribution < -0.4 is 5.73 Å². The molecule has 0 aliphatic heterocycles. The van der Waals surface area contributed by atoms with Crippen LogP contribution in [0.1, 0.15) is 11.5 Å². The van der Waals surface area contributed by atoms with Crippen molar-refractivity contribution in [3.63, 3.8) is 0 Å². The number of benzene rings is 1. The fourth-order valence-electron chi connectivity index (χ4n) is 1.84. The fraction of sp³-hybridized carbons (Fsp3) is 0.333. The molecule has 0 aromatic heterocycles. The van der Waals surface area contributed by atoms with E-state index in [2.05, 4.69) is 0 Å². The summed E-state index contributed by atoms with van der Waals surface area (Å²) in [6.45, 7) is 0. The van der Waals surface area contributed by atoms with Gasteiger partial charge in [-0.25, -0.2) is 26.7 Å². The molecule has 0 aliphatic carbocycles. The molecule has 3 N–H and O–H groups in total. The molecule has 1 rings (SSSR count). The molecular formula is C12H10F5NO3S. The highest BCUT2D eigenvalue weighted by Gasteiger charge is 2.47. The zero-order valence-electron chi connectivity index (χ0n) is 11.0. The number of hydrogen-bond acceptors (Lipinski definition) is 4. The minimum atomic E-state index is -2.85. The standard InChI is InChI=1S/C12H10F5NO3S/c1-22-2-4(12(18,3-19)11(20)21)5-6(13)8(15)10(17)9(16)7(5)14/h3-4H,2,18H2,1H3,(H,20,21). The second kappa shape index (κ2) is 6.61. The van der Waals surface area contributed by atoms with E-state index in [0.29, 0.717) is 0 Å². The molecule has 0 aliphatic rings. The SMILES string of the molecule is CSCC(c1c(F)c(F)c(F)c(F)c1F)C(N)(C=O)C(=O)O. The third-order valence-electron chi connectivity index (χ3n) is 3.07. The molecule has 0 heterocycles. The van der Waals surface area contributed by atoms with Crippen molar-refractivity contribution in [3.05, 3.63) is 34.6 Å². The lowest BCUT2D eigenvalue weighted by atomic mass is 9.81. The van der Waals surface area contributed by atoms with E-state index in [1.165, 1.54) is 6.26 Å². The molecule has 0 fully saturated rings. The van der Waals surface area contributed by atoms with Crippen molar-refractivity contribution in [1.29, 1.82) is 0 Å². The van der Waals surface area contributed by atoms with Gasteiger partial charge in [-0.15, -0.1) is 0 Å². The van der Waals surface area contributed by atoms with Gasteiger partial charge in [0.05, 0.1) is 0 Å². The van der Waals surface area contributed by atoms with Gasteiger partial charge in [0.1, 0.15) is 0 Å². The largest absolute Gasteiger partial charge is 0.480 e. The number of carbonyl (C=O) groups excluding carboxylic acids is 1. The van der Waals surface area contributed by atoms with E-state index < -0.39 is 57.8 Å². The Balaban J connectivity index is 3.73. The van der Waals surface area contributed by atoms with Crippen molar-refractivity contribution in [2.24, 2.45) is 5.73 Å². The number of carboxylic acid groups (broad SMARTS) is 1. The van der Waals surface area contributed by atoms with Crippen LogP contribution in [0.15, 0.2) is 0 Å². The van der Waals surface area contributed by atoms with Gasteiger partial charge >= 0.3 is 5.97 Å². The van der Waals surface area contributed by atoms with Crippen molar-refractivity contribution in [3.8, 4) is 0 Å². The number of hydrogen-bond donors (Lipinski definition) is 2. The van der Waals surface area contributed by atoms with E-state index >= 15 is 0 Å². The number of carboxylic acids is 1. The zero-order valence-corrected chi connectivity index (χ0v) is 11.8. The van der Waals surface area contributed by atoms with Crippen LogP contribution in [-0.4, -0.2) is 34.9 Å². The summed E-state index contributed by atoms with van der Waals surface area (Å²) in [6, 6.07) is 0. The van der Waals surface area contributed by atoms with Crippen LogP contribution >= 0.6 is 11.8 Å². The lowest BCUT2D eigenvalue weighted by molar-refractivity contribution is -0.146. The number of aldehydes is 1. The van der Waals surface area contributed by atoms with Crippen LogP contribution in [0.5, 0.6) is 0 Å². The summed E-state index contributed by atoms with van der Waals surface area (Å²) in [5.74, 6) is -15.7. The predicted molar refractivity (Wildman–Crippen MR) is 68.0 cm³/mol. The number of carbonyl (C=O) groups is 2. The molecule has 0 saturated carbocycles. The second-order valence-electron chi connectivity index (χ2n) is 4.35. The quantitative estimate of drug-likeness (QED) is 0.271. The summed E-state index contributed by atoms with van der Waals surface area (Å²) in [5.41, 5.74) is 1.05. The molecule has 0 bridgehead atoms. The molecule has 122 valence electrons. The summed E-state index contributed by atoms with van der Waals surface area (Å²) in [6.07, 6.45) is 1.08. The number of rotatable bonds is 6. The Morgan fingerprint density at radius 3 is 1.91 bits per heavy atom. The molecule has 4 nitrogen and oxygen atoms in total. The number of aliphatic carboxylic acids is 1. The van der Waals surface area contributed by atoms with Crippen LogP contribution in [0.3, 0.4) is 0 Å². The molecule has 1 aromatic carbocycles. The average molecular weight is 343 g/mol. The maximum Gasteiger partial charge on any atom is 0.331 e. The first-order valence-electron chi connectivity index (χ1n) is 5.62. The van der Waals surface area contributed by atoms with Gasteiger partial charge in [-0.05, 0) is 6.26 Å². The Morgan fingerprint density at radius 1 is 1.18 bits per heavy atom. The molecule has 0 radical (unpaired) electrons. The lowest BCUT2D eigenvalue weighted by Gasteiger charge is -2.29. The maximum atomic E-state index is 13.8. The monoisotopic (exact) mass is 343 g/mol. The summed E-state index contributed by atoms with van der Waals surface area (Å²) in [7, 11) is 0. The van der Waals surface area contributed by atoms with Crippen LogP contribution in [0, 0.1) is 29.1 Å². The van der Waals surface area contributed by atoms with Gasteiger partial charge in [0.25, 0.3) is 0 Å². The van der Waals surface area contributed by atoms with Gasteiger partial charge in [0.2, 0.25) is 5.82 Å². The fourth-order valence-corrected chi connectivity index (χ4v) is 2.61. The zero-order chi connectivity index (χ0) is 17.2. The van der Waals surface area contributed by atoms with Crippen molar-refractivity contribution in [2.75, 3.05) is 12.0 Å². The van der Waals surface area contributed by atoms with Crippen molar-refractivity contribution < 1.29 is 36.6 Å². The molecule has 22 heavy (non-hydrogen) atoms. The molecule has 2 unspecified atom stereocenters. The molecule has 0 amide bonds. The van der Waals surface area contributed by atoms with Crippen LogP contribution in [-0.2, 0) is 9.59 Å². The van der Waals surface area contributed by atoms with E-state index in [-0.39, 0.29) is 6.29 Å². The number of nitrogens with two attached hydrogens (primary N) is 1. The smallest absolute Gasteiger partial charge is 0.331 e. The van der Waals surface area contributed by atoms with E-state index in [0.717, 1.165) is 11.8 Å². The van der Waals surface area contributed by atoms with Crippen LogP contribution in [0.25, 0.3) is 0 Å². The maximum absolute atomic E-state index is 13.8. The van der Waals surface area contributed by atoms with Gasteiger partial charge in [-0.1, -0.05) is 0 Å². The second-order valence-corrected chi connectivity index (χ2v) is 5.26. The van der Waals surface area contributed by atoms with Crippen molar-refractivity contribution in [2.45, 2.75) is 11.5 Å². The van der Waals surface area contributed by atoms with Crippen molar-refractivity contribution >= 4 is 24.0 Å². The first-order valence-corrected chi connectivity index (χ1v) is 7.01.